The lowest BCUT2D eigenvalue weighted by atomic mass is 9.90. The zero-order chi connectivity index (χ0) is 39.3. The molecule has 2 saturated heterocycles. The Labute approximate surface area is 326 Å². The predicted octanol–water partition coefficient (Wildman–Crippen LogP) is 3.87. The Balaban J connectivity index is 1.07. The fraction of sp³-hybridized carbons (Fsp3) is 0.463. The predicted molar refractivity (Wildman–Crippen MR) is 214 cm³/mol. The summed E-state index contributed by atoms with van der Waals surface area (Å²) in [6, 6.07) is 9.96. The molecule has 3 aromatic heterocycles. The maximum Gasteiger partial charge on any atom is 0.309 e. The highest BCUT2D eigenvalue weighted by Crippen LogP contribution is 2.40. The minimum Gasteiger partial charge on any atom is -0.392 e. The number of aromatic nitrogens is 5. The first-order chi connectivity index (χ1) is 26.9. The van der Waals surface area contributed by atoms with E-state index in [-0.39, 0.29) is 34.9 Å². The molecule has 3 N–H and O–H groups in total. The van der Waals surface area contributed by atoms with Crippen LogP contribution < -0.4 is 26.0 Å². The molecule has 6 heterocycles. The average Bonchev–Trinajstić information content (AvgIpc) is 3.69. The number of carbonyl (C=O) groups excluding carboxylic acids is 2. The molecular weight excluding hydrogens is 713 g/mol. The average molecular weight is 763 g/mol. The second-order valence-electron chi connectivity index (χ2n) is 16.1. The molecule has 1 aromatic carbocycles. The summed E-state index contributed by atoms with van der Waals surface area (Å²) in [4.78, 5) is 55.7. The Kier molecular flexibility index (Phi) is 10.0. The molecule has 0 spiro atoms. The number of carbonyl (C=O) groups is 2. The standard InChI is InChI=1S/C41H50N10O5/c1-6-35(53)44-31-20-27(7-8-32(31)49-14-13-48(23-25(49)2)28-10-17-56-18-11-28)43-37-40(55)47(5)46-36(45-37)29-9-12-42-38(30(29)24-52)51-16-15-50-33(39(51)54)19-26-21-41(3,4)22-34(26)50/h6-9,12,19-20,25,28,52H,1,10-11,13-18,21-24H2,2-5H3,(H,44,53)(H,43,45,46). The number of pyridine rings is 1. The molecule has 0 saturated carbocycles. The number of nitrogens with one attached hydrogen (secondary N) is 2. The highest BCUT2D eigenvalue weighted by molar-refractivity contribution is 6.06. The van der Waals surface area contributed by atoms with Gasteiger partial charge in [-0.2, -0.15) is 0 Å². The van der Waals surface area contributed by atoms with Crippen LogP contribution in [0.4, 0.5) is 28.7 Å². The van der Waals surface area contributed by atoms with Crippen molar-refractivity contribution < 1.29 is 19.4 Å². The summed E-state index contributed by atoms with van der Waals surface area (Å²) in [6.07, 6.45) is 6.71. The van der Waals surface area contributed by atoms with Crippen LogP contribution in [-0.4, -0.2) is 97.6 Å². The molecule has 4 aromatic rings. The van der Waals surface area contributed by atoms with E-state index in [2.05, 4.69) is 67.4 Å². The van der Waals surface area contributed by atoms with Gasteiger partial charge >= 0.3 is 5.56 Å². The molecule has 8 rings (SSSR count). The van der Waals surface area contributed by atoms with Crippen molar-refractivity contribution in [3.05, 3.63) is 82.1 Å². The Morgan fingerprint density at radius 1 is 1.09 bits per heavy atom. The number of aryl methyl sites for hydroxylation is 1. The Morgan fingerprint density at radius 2 is 1.89 bits per heavy atom. The lowest BCUT2D eigenvalue weighted by Crippen LogP contribution is -2.56. The van der Waals surface area contributed by atoms with Crippen LogP contribution in [0, 0.1) is 5.41 Å². The minimum absolute atomic E-state index is 0.00346. The molecule has 294 valence electrons. The van der Waals surface area contributed by atoms with Crippen molar-refractivity contribution >= 4 is 40.5 Å². The van der Waals surface area contributed by atoms with E-state index in [0.717, 1.165) is 64.2 Å². The van der Waals surface area contributed by atoms with Crippen LogP contribution in [0.3, 0.4) is 0 Å². The number of aliphatic hydroxyl groups is 1. The van der Waals surface area contributed by atoms with Gasteiger partial charge in [-0.1, -0.05) is 20.4 Å². The van der Waals surface area contributed by atoms with Gasteiger partial charge in [0.1, 0.15) is 11.5 Å². The van der Waals surface area contributed by atoms with Crippen molar-refractivity contribution in [2.75, 3.05) is 59.8 Å². The van der Waals surface area contributed by atoms with E-state index < -0.39 is 12.2 Å². The molecule has 15 heteroatoms. The molecule has 1 aliphatic carbocycles. The second-order valence-corrected chi connectivity index (χ2v) is 16.1. The van der Waals surface area contributed by atoms with E-state index in [1.165, 1.54) is 29.1 Å². The van der Waals surface area contributed by atoms with Crippen molar-refractivity contribution in [1.82, 2.24) is 29.2 Å². The smallest absolute Gasteiger partial charge is 0.309 e. The van der Waals surface area contributed by atoms with Gasteiger partial charge in [0.15, 0.2) is 5.82 Å². The van der Waals surface area contributed by atoms with Gasteiger partial charge in [0, 0.05) is 93.8 Å². The molecule has 0 radical (unpaired) electrons. The molecule has 3 aliphatic heterocycles. The van der Waals surface area contributed by atoms with Crippen LogP contribution in [0.25, 0.3) is 11.4 Å². The molecule has 15 nitrogen and oxygen atoms in total. The van der Waals surface area contributed by atoms with E-state index in [1.807, 2.05) is 18.2 Å². The summed E-state index contributed by atoms with van der Waals surface area (Å²) in [7, 11) is 1.53. The summed E-state index contributed by atoms with van der Waals surface area (Å²) in [5, 5.41) is 21.3. The monoisotopic (exact) mass is 762 g/mol. The summed E-state index contributed by atoms with van der Waals surface area (Å²) >= 11 is 0. The van der Waals surface area contributed by atoms with E-state index in [0.29, 0.717) is 53.1 Å². The Morgan fingerprint density at radius 3 is 2.64 bits per heavy atom. The van der Waals surface area contributed by atoms with Crippen LogP contribution in [0.5, 0.6) is 0 Å². The zero-order valence-electron chi connectivity index (χ0n) is 32.5. The lowest BCUT2D eigenvalue weighted by Gasteiger charge is -2.45. The van der Waals surface area contributed by atoms with Gasteiger partial charge in [-0.05, 0) is 80.0 Å². The van der Waals surface area contributed by atoms with Crippen LogP contribution in [0.15, 0.2) is 54.0 Å². The maximum absolute atomic E-state index is 13.9. The molecule has 56 heavy (non-hydrogen) atoms. The van der Waals surface area contributed by atoms with Gasteiger partial charge < -0.3 is 29.9 Å². The number of fused-ring (bicyclic) bond motifs is 3. The number of rotatable bonds is 9. The minimum atomic E-state index is -0.476. The van der Waals surface area contributed by atoms with Crippen molar-refractivity contribution in [2.45, 2.75) is 71.7 Å². The number of ether oxygens (including phenoxy) is 1. The normalized spacial score (nSPS) is 19.8. The number of hydrogen-bond donors (Lipinski definition) is 3. The molecule has 1 atom stereocenters. The third kappa shape index (κ3) is 6.99. The third-order valence-electron chi connectivity index (χ3n) is 11.6. The van der Waals surface area contributed by atoms with Gasteiger partial charge in [-0.15, -0.1) is 5.10 Å². The molecule has 0 bridgehead atoms. The highest BCUT2D eigenvalue weighted by atomic mass is 16.5. The Bertz CT molecular complexity index is 2260. The lowest BCUT2D eigenvalue weighted by molar-refractivity contribution is -0.111. The molecule has 1 unspecified atom stereocenters. The number of anilines is 5. The number of nitrogens with zero attached hydrogens (tertiary/aromatic N) is 8. The van der Waals surface area contributed by atoms with Gasteiger partial charge in [-0.3, -0.25) is 24.2 Å². The first kappa shape index (κ1) is 37.5. The number of hydrogen-bond acceptors (Lipinski definition) is 11. The number of benzene rings is 1. The van der Waals surface area contributed by atoms with Crippen molar-refractivity contribution in [2.24, 2.45) is 12.5 Å². The number of aliphatic hydroxyl groups excluding tert-OH is 1. The first-order valence-electron chi connectivity index (χ1n) is 19.4. The van der Waals surface area contributed by atoms with Gasteiger partial charge in [0.2, 0.25) is 11.7 Å². The molecular formula is C41H50N10O5. The van der Waals surface area contributed by atoms with E-state index in [9.17, 15) is 19.5 Å². The molecule has 4 aliphatic rings. The summed E-state index contributed by atoms with van der Waals surface area (Å²) in [5.41, 5.74) is 5.55. The second kappa shape index (κ2) is 14.9. The van der Waals surface area contributed by atoms with E-state index in [1.54, 1.807) is 23.2 Å². The Hall–Kier alpha value is -5.38. The van der Waals surface area contributed by atoms with E-state index >= 15 is 0 Å². The van der Waals surface area contributed by atoms with Crippen LogP contribution in [0.2, 0.25) is 0 Å². The van der Waals surface area contributed by atoms with Gasteiger partial charge in [0.05, 0.1) is 18.0 Å². The van der Waals surface area contributed by atoms with E-state index in [4.69, 9.17) is 4.74 Å². The number of amides is 2. The van der Waals surface area contributed by atoms with Crippen LogP contribution >= 0.6 is 0 Å². The molecule has 2 amide bonds. The van der Waals surface area contributed by atoms with Crippen LogP contribution in [0.1, 0.15) is 60.9 Å². The highest BCUT2D eigenvalue weighted by Gasteiger charge is 2.38. The number of piperazine rings is 1. The van der Waals surface area contributed by atoms with Gasteiger partial charge in [0.25, 0.3) is 5.91 Å². The summed E-state index contributed by atoms with van der Waals surface area (Å²) in [6.45, 7) is 15.1. The third-order valence-corrected chi connectivity index (χ3v) is 11.6. The molecule has 2 fully saturated rings. The van der Waals surface area contributed by atoms with Crippen molar-refractivity contribution in [3.63, 3.8) is 0 Å². The first-order valence-corrected chi connectivity index (χ1v) is 19.4. The quantitative estimate of drug-likeness (QED) is 0.212. The fourth-order valence-electron chi connectivity index (χ4n) is 8.92. The summed E-state index contributed by atoms with van der Waals surface area (Å²) in [5.74, 6) is -0.0305. The van der Waals surface area contributed by atoms with Crippen molar-refractivity contribution in [3.8, 4) is 11.4 Å². The van der Waals surface area contributed by atoms with Gasteiger partial charge in [-0.25, -0.2) is 14.6 Å². The van der Waals surface area contributed by atoms with Crippen molar-refractivity contribution in [1.29, 1.82) is 0 Å². The largest absolute Gasteiger partial charge is 0.392 e. The van der Waals surface area contributed by atoms with Crippen LogP contribution in [-0.2, 0) is 42.6 Å². The SMILES string of the molecule is C=CC(=O)Nc1cc(Nc2nc(-c3ccnc(N4CCn5c(cc6c5CC(C)(C)C6)C4=O)c3CO)nn(C)c2=O)ccc1N1CCN(C2CCOCC2)CC1C. The maximum atomic E-state index is 13.9. The topological polar surface area (TPSA) is 163 Å². The fourth-order valence-corrected chi connectivity index (χ4v) is 8.92. The zero-order valence-corrected chi connectivity index (χ0v) is 32.5. The summed E-state index contributed by atoms with van der Waals surface area (Å²) < 4.78 is 8.90.